The lowest BCUT2D eigenvalue weighted by molar-refractivity contribution is -0.145. The summed E-state index contributed by atoms with van der Waals surface area (Å²) < 4.78 is 11.5. The van der Waals surface area contributed by atoms with Crippen LogP contribution >= 0.6 is 0 Å². The smallest absolute Gasteiger partial charge is 0.248 e. The number of fused-ring (bicyclic) bond motifs is 2. The molecule has 0 atom stereocenters. The first-order valence-electron chi connectivity index (χ1n) is 9.63. The van der Waals surface area contributed by atoms with Gasteiger partial charge in [0.2, 0.25) is 5.91 Å². The molecule has 6 nitrogen and oxygen atoms in total. The van der Waals surface area contributed by atoms with Crippen molar-refractivity contribution in [1.82, 2.24) is 14.9 Å². The number of hydrogen-bond donors (Lipinski definition) is 0. The molecule has 27 heavy (non-hydrogen) atoms. The number of ether oxygens (including phenoxy) is 2. The Hall–Kier alpha value is -2.31. The van der Waals surface area contributed by atoms with Crippen LogP contribution in [0.3, 0.4) is 0 Å². The Bertz CT molecular complexity index is 802. The summed E-state index contributed by atoms with van der Waals surface area (Å²) in [4.78, 5) is 23.6. The van der Waals surface area contributed by atoms with Gasteiger partial charge in [-0.15, -0.1) is 0 Å². The van der Waals surface area contributed by atoms with Crippen LogP contribution in [-0.2, 0) is 26.3 Å². The molecule has 142 valence electrons. The van der Waals surface area contributed by atoms with E-state index >= 15 is 0 Å². The van der Waals surface area contributed by atoms with Gasteiger partial charge in [-0.2, -0.15) is 0 Å². The first kappa shape index (κ1) is 18.1. The summed E-state index contributed by atoms with van der Waals surface area (Å²) in [5, 5.41) is 0. The molecule has 1 fully saturated rings. The van der Waals surface area contributed by atoms with Gasteiger partial charge in [-0.3, -0.25) is 4.79 Å². The zero-order valence-electron chi connectivity index (χ0n) is 15.7. The quantitative estimate of drug-likeness (QED) is 0.831. The lowest BCUT2D eigenvalue weighted by Crippen LogP contribution is -2.49. The summed E-state index contributed by atoms with van der Waals surface area (Å²) in [5.41, 5.74) is 2.75. The van der Waals surface area contributed by atoms with Gasteiger partial charge >= 0.3 is 0 Å². The molecular weight excluding hydrogens is 342 g/mol. The van der Waals surface area contributed by atoms with Crippen molar-refractivity contribution in [3.8, 4) is 11.4 Å². The molecule has 3 heterocycles. The van der Waals surface area contributed by atoms with Crippen LogP contribution in [-0.4, -0.2) is 53.7 Å². The van der Waals surface area contributed by atoms with E-state index in [-0.39, 0.29) is 12.5 Å². The maximum atomic E-state index is 12.2. The highest BCUT2D eigenvalue weighted by Gasteiger charge is 2.43. The highest BCUT2D eigenvalue weighted by atomic mass is 16.5. The first-order chi connectivity index (χ1) is 13.2. The largest absolute Gasteiger partial charge is 0.372 e. The topological polar surface area (TPSA) is 64.5 Å². The summed E-state index contributed by atoms with van der Waals surface area (Å²) in [6, 6.07) is 10.0. The molecule has 1 aromatic heterocycles. The van der Waals surface area contributed by atoms with Crippen LogP contribution in [0.4, 0.5) is 0 Å². The standard InChI is InChI=1S/C21H25N3O3/c1-2-26-15-18(25)24-11-9-21(10-12-24)19-17(8-13-27-21)14-22-20(23-19)16-6-4-3-5-7-16/h3-7,14H,2,8-13,15H2,1H3. The van der Waals surface area contributed by atoms with E-state index in [4.69, 9.17) is 14.5 Å². The van der Waals surface area contributed by atoms with Crippen LogP contribution in [0.25, 0.3) is 11.4 Å². The number of carbonyl (C=O) groups excluding carboxylic acids is 1. The van der Waals surface area contributed by atoms with Gasteiger partial charge in [0.15, 0.2) is 5.82 Å². The minimum Gasteiger partial charge on any atom is -0.372 e. The number of rotatable bonds is 4. The zero-order chi connectivity index (χ0) is 18.7. The molecule has 1 amide bonds. The Morgan fingerprint density at radius 2 is 2.04 bits per heavy atom. The van der Waals surface area contributed by atoms with E-state index in [1.807, 2.05) is 48.4 Å². The van der Waals surface area contributed by atoms with E-state index < -0.39 is 5.60 Å². The third-order valence-corrected chi connectivity index (χ3v) is 5.43. The third kappa shape index (κ3) is 3.59. The monoisotopic (exact) mass is 367 g/mol. The molecule has 0 saturated carbocycles. The molecule has 1 spiro atoms. The van der Waals surface area contributed by atoms with Crippen molar-refractivity contribution in [3.05, 3.63) is 47.8 Å². The van der Waals surface area contributed by atoms with E-state index in [9.17, 15) is 4.79 Å². The lowest BCUT2D eigenvalue weighted by atomic mass is 9.83. The number of carbonyl (C=O) groups is 1. The fraction of sp³-hybridized carbons (Fsp3) is 0.476. The van der Waals surface area contributed by atoms with Crippen LogP contribution in [0.15, 0.2) is 36.5 Å². The number of aromatic nitrogens is 2. The molecule has 2 aliphatic heterocycles. The third-order valence-electron chi connectivity index (χ3n) is 5.43. The van der Waals surface area contributed by atoms with Crippen molar-refractivity contribution in [2.24, 2.45) is 0 Å². The molecule has 0 unspecified atom stereocenters. The van der Waals surface area contributed by atoms with Crippen LogP contribution in [0.5, 0.6) is 0 Å². The van der Waals surface area contributed by atoms with Crippen molar-refractivity contribution >= 4 is 5.91 Å². The average Bonchev–Trinajstić information content (AvgIpc) is 2.73. The Morgan fingerprint density at radius 3 is 2.78 bits per heavy atom. The molecule has 6 heteroatoms. The van der Waals surface area contributed by atoms with Gasteiger partial charge in [0.05, 0.1) is 12.3 Å². The second-order valence-electron chi connectivity index (χ2n) is 7.04. The van der Waals surface area contributed by atoms with Gasteiger partial charge in [-0.05, 0) is 31.7 Å². The van der Waals surface area contributed by atoms with Gasteiger partial charge in [0, 0.05) is 31.5 Å². The van der Waals surface area contributed by atoms with Crippen molar-refractivity contribution in [3.63, 3.8) is 0 Å². The predicted molar refractivity (Wildman–Crippen MR) is 101 cm³/mol. The lowest BCUT2D eigenvalue weighted by Gasteiger charge is -2.44. The first-order valence-corrected chi connectivity index (χ1v) is 9.63. The van der Waals surface area contributed by atoms with Crippen molar-refractivity contribution < 1.29 is 14.3 Å². The molecule has 2 aromatic rings. The van der Waals surface area contributed by atoms with Crippen LogP contribution in [0.2, 0.25) is 0 Å². The molecule has 4 rings (SSSR count). The predicted octanol–water partition coefficient (Wildman–Crippen LogP) is 2.57. The van der Waals surface area contributed by atoms with Crippen molar-refractivity contribution in [2.45, 2.75) is 31.8 Å². The minimum absolute atomic E-state index is 0.0513. The molecule has 0 radical (unpaired) electrons. The minimum atomic E-state index is -0.414. The van der Waals surface area contributed by atoms with E-state index in [0.29, 0.717) is 26.3 Å². The number of amides is 1. The number of nitrogens with zero attached hydrogens (tertiary/aromatic N) is 3. The summed E-state index contributed by atoms with van der Waals surface area (Å²) >= 11 is 0. The Labute approximate surface area is 159 Å². The highest BCUT2D eigenvalue weighted by molar-refractivity contribution is 5.77. The maximum absolute atomic E-state index is 12.2. The van der Waals surface area contributed by atoms with E-state index in [1.165, 1.54) is 0 Å². The molecule has 0 bridgehead atoms. The number of benzene rings is 1. The summed E-state index contributed by atoms with van der Waals surface area (Å²) in [6.45, 7) is 4.61. The van der Waals surface area contributed by atoms with Crippen LogP contribution in [0.1, 0.15) is 31.0 Å². The second-order valence-corrected chi connectivity index (χ2v) is 7.04. The molecule has 0 N–H and O–H groups in total. The fourth-order valence-electron chi connectivity index (χ4n) is 3.91. The average molecular weight is 367 g/mol. The molecule has 0 aliphatic carbocycles. The summed E-state index contributed by atoms with van der Waals surface area (Å²) in [7, 11) is 0. The van der Waals surface area contributed by atoms with E-state index in [0.717, 1.165) is 41.9 Å². The Kier molecular flexibility index (Phi) is 5.18. The van der Waals surface area contributed by atoms with E-state index in [2.05, 4.69) is 4.98 Å². The second kappa shape index (κ2) is 7.74. The molecule has 1 aromatic carbocycles. The summed E-state index contributed by atoms with van der Waals surface area (Å²) in [6.07, 6.45) is 4.28. The number of piperidine rings is 1. The van der Waals surface area contributed by atoms with Gasteiger partial charge in [0.25, 0.3) is 0 Å². The highest BCUT2D eigenvalue weighted by Crippen LogP contribution is 2.40. The molecule has 1 saturated heterocycles. The number of likely N-dealkylation sites (tertiary alicyclic amines) is 1. The molecule has 2 aliphatic rings. The van der Waals surface area contributed by atoms with Crippen LogP contribution < -0.4 is 0 Å². The molecular formula is C21H25N3O3. The van der Waals surface area contributed by atoms with Crippen molar-refractivity contribution in [1.29, 1.82) is 0 Å². The Balaban J connectivity index is 1.57. The van der Waals surface area contributed by atoms with Gasteiger partial charge < -0.3 is 14.4 Å². The Morgan fingerprint density at radius 1 is 1.26 bits per heavy atom. The maximum Gasteiger partial charge on any atom is 0.248 e. The van der Waals surface area contributed by atoms with Gasteiger partial charge in [-0.25, -0.2) is 9.97 Å². The fourth-order valence-corrected chi connectivity index (χ4v) is 3.91. The summed E-state index contributed by atoms with van der Waals surface area (Å²) in [5.74, 6) is 0.782. The van der Waals surface area contributed by atoms with Gasteiger partial charge in [0.1, 0.15) is 12.2 Å². The number of hydrogen-bond acceptors (Lipinski definition) is 5. The SMILES string of the molecule is CCOCC(=O)N1CCC2(CC1)OCCc1cnc(-c3ccccc3)nc12. The van der Waals surface area contributed by atoms with Gasteiger partial charge in [-0.1, -0.05) is 30.3 Å². The zero-order valence-corrected chi connectivity index (χ0v) is 15.7. The van der Waals surface area contributed by atoms with Crippen LogP contribution in [0, 0.1) is 0 Å². The van der Waals surface area contributed by atoms with E-state index in [1.54, 1.807) is 0 Å². The normalized spacial score (nSPS) is 18.3. The van der Waals surface area contributed by atoms with Crippen molar-refractivity contribution in [2.75, 3.05) is 32.9 Å².